The van der Waals surface area contributed by atoms with Gasteiger partial charge in [-0.1, -0.05) is 65.7 Å². The molecule has 0 spiro atoms. The number of carbonyl (C=O) groups excluding carboxylic acids is 1. The predicted molar refractivity (Wildman–Crippen MR) is 120 cm³/mol. The quantitative estimate of drug-likeness (QED) is 0.615. The van der Waals surface area contributed by atoms with Crippen LogP contribution in [0.4, 0.5) is 5.69 Å². The normalized spacial score (nSPS) is 12.2. The minimum absolute atomic E-state index is 0.149. The van der Waals surface area contributed by atoms with Crippen molar-refractivity contribution < 1.29 is 13.2 Å². The first-order chi connectivity index (χ1) is 14.3. The fourth-order valence-corrected chi connectivity index (χ4v) is 4.52. The van der Waals surface area contributed by atoms with Gasteiger partial charge in [-0.25, -0.2) is 8.42 Å². The summed E-state index contributed by atoms with van der Waals surface area (Å²) in [5.74, 6) is -0.373. The van der Waals surface area contributed by atoms with Crippen LogP contribution >= 0.6 is 0 Å². The fourth-order valence-electron chi connectivity index (χ4n) is 3.10. The summed E-state index contributed by atoms with van der Waals surface area (Å²) in [5, 5.41) is 2.90. The van der Waals surface area contributed by atoms with Crippen LogP contribution in [0.25, 0.3) is 0 Å². The van der Waals surface area contributed by atoms with Gasteiger partial charge in [0.2, 0.25) is 5.91 Å². The molecule has 0 aromatic heterocycles. The highest BCUT2D eigenvalue weighted by atomic mass is 32.2. The van der Waals surface area contributed by atoms with E-state index in [2.05, 4.69) is 5.32 Å². The van der Waals surface area contributed by atoms with Crippen molar-refractivity contribution in [1.82, 2.24) is 5.32 Å². The minimum atomic E-state index is -3.90. The van der Waals surface area contributed by atoms with Crippen molar-refractivity contribution in [2.24, 2.45) is 0 Å². The van der Waals surface area contributed by atoms with Gasteiger partial charge in [0.25, 0.3) is 10.0 Å². The Kier molecular flexibility index (Phi) is 6.57. The number of carbonyl (C=O) groups is 1. The summed E-state index contributed by atoms with van der Waals surface area (Å²) in [7, 11) is -3.90. The molecule has 0 aliphatic carbocycles. The minimum Gasteiger partial charge on any atom is -0.348 e. The Morgan fingerprint density at radius 2 is 1.40 bits per heavy atom. The maximum Gasteiger partial charge on any atom is 0.264 e. The lowest BCUT2D eigenvalue weighted by Crippen LogP contribution is -2.41. The van der Waals surface area contributed by atoms with Crippen LogP contribution in [-0.2, 0) is 14.8 Å². The molecule has 1 amide bonds. The van der Waals surface area contributed by atoms with E-state index in [4.69, 9.17) is 0 Å². The number of rotatable bonds is 7. The maximum absolute atomic E-state index is 13.3. The van der Waals surface area contributed by atoms with Gasteiger partial charge in [0, 0.05) is 0 Å². The van der Waals surface area contributed by atoms with Gasteiger partial charge in [-0.2, -0.15) is 0 Å². The Morgan fingerprint density at radius 1 is 0.867 bits per heavy atom. The highest BCUT2D eigenvalue weighted by molar-refractivity contribution is 7.92. The highest BCUT2D eigenvalue weighted by Gasteiger charge is 2.27. The third-order valence-corrected chi connectivity index (χ3v) is 6.68. The van der Waals surface area contributed by atoms with Crippen molar-refractivity contribution in [2.75, 3.05) is 10.8 Å². The molecule has 0 bridgehead atoms. The van der Waals surface area contributed by atoms with E-state index in [0.29, 0.717) is 5.69 Å². The van der Waals surface area contributed by atoms with Crippen LogP contribution in [0.3, 0.4) is 0 Å². The summed E-state index contributed by atoms with van der Waals surface area (Å²) < 4.78 is 27.8. The first-order valence-electron chi connectivity index (χ1n) is 9.78. The SMILES string of the molecule is Cc1ccc(C(C)NC(=O)CN(c2ccccc2)S(=O)(=O)c2ccc(C)cc2)cc1. The largest absolute Gasteiger partial charge is 0.348 e. The predicted octanol–water partition coefficient (Wildman–Crippen LogP) is 4.38. The van der Waals surface area contributed by atoms with E-state index in [1.165, 1.54) is 0 Å². The number of hydrogen-bond donors (Lipinski definition) is 1. The number of anilines is 1. The Labute approximate surface area is 178 Å². The van der Waals surface area contributed by atoms with E-state index in [9.17, 15) is 13.2 Å². The summed E-state index contributed by atoms with van der Waals surface area (Å²) in [5.41, 5.74) is 3.50. The Bertz CT molecular complexity index is 1090. The molecule has 0 aliphatic rings. The molecule has 0 saturated carbocycles. The maximum atomic E-state index is 13.3. The summed E-state index contributed by atoms with van der Waals surface area (Å²) in [6.45, 7) is 5.46. The fraction of sp³-hybridized carbons (Fsp3) is 0.208. The molecule has 30 heavy (non-hydrogen) atoms. The molecule has 0 heterocycles. The Balaban J connectivity index is 1.85. The van der Waals surface area contributed by atoms with Crippen LogP contribution in [0.5, 0.6) is 0 Å². The zero-order valence-corrected chi connectivity index (χ0v) is 18.2. The van der Waals surface area contributed by atoms with E-state index in [-0.39, 0.29) is 23.4 Å². The molecule has 3 aromatic carbocycles. The topological polar surface area (TPSA) is 66.5 Å². The van der Waals surface area contributed by atoms with E-state index in [1.807, 2.05) is 45.0 Å². The van der Waals surface area contributed by atoms with E-state index >= 15 is 0 Å². The van der Waals surface area contributed by atoms with E-state index in [1.54, 1.807) is 54.6 Å². The van der Waals surface area contributed by atoms with Gasteiger partial charge in [-0.05, 0) is 50.6 Å². The van der Waals surface area contributed by atoms with Crippen molar-refractivity contribution in [3.05, 3.63) is 95.6 Å². The van der Waals surface area contributed by atoms with Crippen molar-refractivity contribution in [2.45, 2.75) is 31.7 Å². The van der Waals surface area contributed by atoms with Crippen molar-refractivity contribution in [3.63, 3.8) is 0 Å². The second-order valence-electron chi connectivity index (χ2n) is 7.36. The summed E-state index contributed by atoms with van der Waals surface area (Å²) >= 11 is 0. The van der Waals surface area contributed by atoms with Crippen LogP contribution in [0, 0.1) is 13.8 Å². The molecule has 5 nitrogen and oxygen atoms in total. The Hall–Kier alpha value is -3.12. The summed E-state index contributed by atoms with van der Waals surface area (Å²) in [4.78, 5) is 12.9. The van der Waals surface area contributed by atoms with Gasteiger partial charge in [0.05, 0.1) is 16.6 Å². The Morgan fingerprint density at radius 3 is 1.97 bits per heavy atom. The average Bonchev–Trinajstić information content (AvgIpc) is 2.73. The summed E-state index contributed by atoms with van der Waals surface area (Å²) in [6, 6.07) is 22.9. The second-order valence-corrected chi connectivity index (χ2v) is 9.22. The molecule has 0 aliphatic heterocycles. The molecule has 6 heteroatoms. The zero-order valence-electron chi connectivity index (χ0n) is 17.4. The molecule has 156 valence electrons. The molecule has 1 unspecified atom stereocenters. The first kappa shape index (κ1) is 21.6. The van der Waals surface area contributed by atoms with Crippen LogP contribution in [0.1, 0.15) is 29.7 Å². The lowest BCUT2D eigenvalue weighted by molar-refractivity contribution is -0.120. The molecule has 3 aromatic rings. The number of amides is 1. The number of para-hydroxylation sites is 1. The van der Waals surface area contributed by atoms with Crippen molar-refractivity contribution in [3.8, 4) is 0 Å². The van der Waals surface area contributed by atoms with Gasteiger partial charge in [-0.3, -0.25) is 9.10 Å². The third-order valence-electron chi connectivity index (χ3n) is 4.90. The second kappa shape index (κ2) is 9.13. The number of benzene rings is 3. The smallest absolute Gasteiger partial charge is 0.264 e. The zero-order chi connectivity index (χ0) is 21.7. The van der Waals surface area contributed by atoms with Crippen LogP contribution in [0.15, 0.2) is 83.8 Å². The lowest BCUT2D eigenvalue weighted by atomic mass is 10.1. The van der Waals surface area contributed by atoms with Crippen molar-refractivity contribution in [1.29, 1.82) is 0 Å². The van der Waals surface area contributed by atoms with E-state index in [0.717, 1.165) is 21.0 Å². The van der Waals surface area contributed by atoms with Crippen LogP contribution in [0.2, 0.25) is 0 Å². The molecular weight excluding hydrogens is 396 g/mol. The monoisotopic (exact) mass is 422 g/mol. The highest BCUT2D eigenvalue weighted by Crippen LogP contribution is 2.24. The number of sulfonamides is 1. The molecular formula is C24H26N2O3S. The van der Waals surface area contributed by atoms with E-state index < -0.39 is 10.0 Å². The lowest BCUT2D eigenvalue weighted by Gasteiger charge is -2.25. The number of hydrogen-bond acceptors (Lipinski definition) is 3. The first-order valence-corrected chi connectivity index (χ1v) is 11.2. The number of nitrogens with one attached hydrogen (secondary N) is 1. The van der Waals surface area contributed by atoms with Gasteiger partial charge in [0.1, 0.15) is 6.54 Å². The molecule has 1 atom stereocenters. The third kappa shape index (κ3) is 5.07. The standard InChI is InChI=1S/C24H26N2O3S/c1-18-9-13-21(14-10-18)20(3)25-24(27)17-26(22-7-5-4-6-8-22)30(28,29)23-15-11-19(2)12-16-23/h4-16,20H,17H2,1-3H3,(H,25,27). The van der Waals surface area contributed by atoms with Gasteiger partial charge in [0.15, 0.2) is 0 Å². The van der Waals surface area contributed by atoms with Gasteiger partial charge >= 0.3 is 0 Å². The number of nitrogens with zero attached hydrogens (tertiary/aromatic N) is 1. The molecule has 0 saturated heterocycles. The van der Waals surface area contributed by atoms with Gasteiger partial charge in [-0.15, -0.1) is 0 Å². The van der Waals surface area contributed by atoms with Crippen LogP contribution < -0.4 is 9.62 Å². The van der Waals surface area contributed by atoms with Gasteiger partial charge < -0.3 is 5.32 Å². The van der Waals surface area contributed by atoms with Crippen LogP contribution in [-0.4, -0.2) is 20.9 Å². The van der Waals surface area contributed by atoms with Crippen molar-refractivity contribution >= 4 is 21.6 Å². The number of aryl methyl sites for hydroxylation is 2. The molecule has 0 fully saturated rings. The molecule has 3 rings (SSSR count). The molecule has 1 N–H and O–H groups in total. The summed E-state index contributed by atoms with van der Waals surface area (Å²) in [6.07, 6.45) is 0. The molecule has 0 radical (unpaired) electrons. The average molecular weight is 423 g/mol.